The molecular formula is C16H25FN2O2. The molecule has 0 spiro atoms. The molecule has 1 heterocycles. The van der Waals surface area contributed by atoms with E-state index in [0.29, 0.717) is 12.6 Å². The molecule has 0 amide bonds. The summed E-state index contributed by atoms with van der Waals surface area (Å²) in [6.07, 6.45) is 2.36. The third-order valence-corrected chi connectivity index (χ3v) is 4.21. The van der Waals surface area contributed by atoms with E-state index in [9.17, 15) is 9.50 Å². The van der Waals surface area contributed by atoms with Crippen molar-refractivity contribution in [3.63, 3.8) is 0 Å². The second kappa shape index (κ2) is 7.73. The van der Waals surface area contributed by atoms with E-state index in [1.807, 2.05) is 13.0 Å². The van der Waals surface area contributed by atoms with E-state index in [4.69, 9.17) is 4.74 Å². The molecule has 2 rings (SSSR count). The van der Waals surface area contributed by atoms with E-state index >= 15 is 0 Å². The lowest BCUT2D eigenvalue weighted by Gasteiger charge is -2.31. The average Bonchev–Trinajstić information content (AvgIpc) is 2.99. The molecule has 0 bridgehead atoms. The Labute approximate surface area is 125 Å². The van der Waals surface area contributed by atoms with Crippen molar-refractivity contribution in [1.82, 2.24) is 10.2 Å². The SMILES string of the molecule is COc1ccc(C(C)N(CCO)CC2CCCN2)cc1F. The summed E-state index contributed by atoms with van der Waals surface area (Å²) < 4.78 is 18.8. The van der Waals surface area contributed by atoms with E-state index in [2.05, 4.69) is 10.2 Å². The van der Waals surface area contributed by atoms with E-state index in [1.165, 1.54) is 19.6 Å². The maximum Gasteiger partial charge on any atom is 0.165 e. The number of hydrogen-bond donors (Lipinski definition) is 2. The van der Waals surface area contributed by atoms with Gasteiger partial charge in [-0.25, -0.2) is 4.39 Å². The Bertz CT molecular complexity index is 450. The summed E-state index contributed by atoms with van der Waals surface area (Å²) in [5.41, 5.74) is 0.903. The third kappa shape index (κ3) is 4.15. The monoisotopic (exact) mass is 296 g/mol. The van der Waals surface area contributed by atoms with Gasteiger partial charge >= 0.3 is 0 Å². The normalized spacial score (nSPS) is 20.0. The number of nitrogens with zero attached hydrogens (tertiary/aromatic N) is 1. The first-order valence-electron chi connectivity index (χ1n) is 7.57. The van der Waals surface area contributed by atoms with Gasteiger partial charge in [0.15, 0.2) is 11.6 Å². The van der Waals surface area contributed by atoms with Crippen molar-refractivity contribution in [2.75, 3.05) is 33.4 Å². The lowest BCUT2D eigenvalue weighted by atomic mass is 10.1. The van der Waals surface area contributed by atoms with Gasteiger partial charge in [0.1, 0.15) is 0 Å². The second-order valence-electron chi connectivity index (χ2n) is 5.58. The molecule has 1 aromatic carbocycles. The van der Waals surface area contributed by atoms with E-state index < -0.39 is 0 Å². The van der Waals surface area contributed by atoms with Crippen molar-refractivity contribution >= 4 is 0 Å². The molecule has 1 saturated heterocycles. The highest BCUT2D eigenvalue weighted by atomic mass is 19.1. The lowest BCUT2D eigenvalue weighted by molar-refractivity contribution is 0.147. The summed E-state index contributed by atoms with van der Waals surface area (Å²) in [5, 5.41) is 12.8. The molecule has 2 unspecified atom stereocenters. The van der Waals surface area contributed by atoms with Crippen molar-refractivity contribution in [3.05, 3.63) is 29.6 Å². The predicted octanol–water partition coefficient (Wildman–Crippen LogP) is 1.94. The minimum Gasteiger partial charge on any atom is -0.494 e. The number of ether oxygens (including phenoxy) is 1. The number of aliphatic hydroxyl groups excluding tert-OH is 1. The van der Waals surface area contributed by atoms with Crippen LogP contribution in [-0.2, 0) is 0 Å². The summed E-state index contributed by atoms with van der Waals surface area (Å²) in [5.74, 6) is -0.0816. The van der Waals surface area contributed by atoms with Gasteiger partial charge in [-0.2, -0.15) is 0 Å². The Morgan fingerprint density at radius 1 is 1.52 bits per heavy atom. The number of halogens is 1. The van der Waals surface area contributed by atoms with Crippen molar-refractivity contribution in [2.45, 2.75) is 31.8 Å². The van der Waals surface area contributed by atoms with Crippen molar-refractivity contribution in [2.24, 2.45) is 0 Å². The smallest absolute Gasteiger partial charge is 0.165 e. The number of nitrogens with one attached hydrogen (secondary N) is 1. The van der Waals surface area contributed by atoms with Gasteiger partial charge in [-0.3, -0.25) is 4.90 Å². The highest BCUT2D eigenvalue weighted by Crippen LogP contribution is 2.26. The molecule has 1 fully saturated rings. The van der Waals surface area contributed by atoms with Gasteiger partial charge in [0.2, 0.25) is 0 Å². The van der Waals surface area contributed by atoms with Gasteiger partial charge in [0.05, 0.1) is 13.7 Å². The van der Waals surface area contributed by atoms with Gasteiger partial charge in [0.25, 0.3) is 0 Å². The summed E-state index contributed by atoms with van der Waals surface area (Å²) in [6.45, 7) is 4.67. The molecule has 1 aliphatic heterocycles. The Morgan fingerprint density at radius 3 is 2.90 bits per heavy atom. The van der Waals surface area contributed by atoms with Crippen LogP contribution in [-0.4, -0.2) is 49.4 Å². The van der Waals surface area contributed by atoms with Crippen LogP contribution in [0.2, 0.25) is 0 Å². The zero-order valence-corrected chi connectivity index (χ0v) is 12.8. The Hall–Kier alpha value is -1.17. The molecule has 1 aliphatic rings. The molecule has 0 aromatic heterocycles. The van der Waals surface area contributed by atoms with Crippen LogP contribution in [0.5, 0.6) is 5.75 Å². The Balaban J connectivity index is 2.08. The number of hydrogen-bond acceptors (Lipinski definition) is 4. The molecule has 0 saturated carbocycles. The zero-order valence-electron chi connectivity index (χ0n) is 12.8. The molecule has 118 valence electrons. The number of aliphatic hydroxyl groups is 1. The standard InChI is InChI=1S/C16H25FN2O2/c1-12(13-5-6-16(21-2)15(17)10-13)19(8-9-20)11-14-4-3-7-18-14/h5-6,10,12,14,18,20H,3-4,7-9,11H2,1-2H3. The van der Waals surface area contributed by atoms with Crippen molar-refractivity contribution in [3.8, 4) is 5.75 Å². The van der Waals surface area contributed by atoms with Gasteiger partial charge in [-0.15, -0.1) is 0 Å². The van der Waals surface area contributed by atoms with Gasteiger partial charge in [-0.05, 0) is 44.0 Å². The molecule has 21 heavy (non-hydrogen) atoms. The van der Waals surface area contributed by atoms with Gasteiger partial charge < -0.3 is 15.2 Å². The maximum absolute atomic E-state index is 13.9. The third-order valence-electron chi connectivity index (χ3n) is 4.21. The van der Waals surface area contributed by atoms with Crippen LogP contribution in [0.15, 0.2) is 18.2 Å². The summed E-state index contributed by atoms with van der Waals surface area (Å²) in [6, 6.07) is 5.59. The first kappa shape index (κ1) is 16.2. The minimum atomic E-state index is -0.343. The fourth-order valence-corrected chi connectivity index (χ4v) is 2.92. The van der Waals surface area contributed by atoms with E-state index in [0.717, 1.165) is 25.1 Å². The summed E-state index contributed by atoms with van der Waals surface area (Å²) in [7, 11) is 1.46. The largest absolute Gasteiger partial charge is 0.494 e. The van der Waals surface area contributed by atoms with Crippen LogP contribution in [0, 0.1) is 5.82 Å². The first-order valence-corrected chi connectivity index (χ1v) is 7.57. The zero-order chi connectivity index (χ0) is 15.2. The lowest BCUT2D eigenvalue weighted by Crippen LogP contribution is -2.40. The Morgan fingerprint density at radius 2 is 2.33 bits per heavy atom. The van der Waals surface area contributed by atoms with Crippen LogP contribution in [0.1, 0.15) is 31.4 Å². The van der Waals surface area contributed by atoms with Gasteiger partial charge in [-0.1, -0.05) is 6.07 Å². The molecule has 0 aliphatic carbocycles. The number of rotatable bonds is 7. The van der Waals surface area contributed by atoms with E-state index in [-0.39, 0.29) is 24.2 Å². The summed E-state index contributed by atoms with van der Waals surface area (Å²) in [4.78, 5) is 2.20. The minimum absolute atomic E-state index is 0.0555. The van der Waals surface area contributed by atoms with E-state index in [1.54, 1.807) is 6.07 Å². The first-order chi connectivity index (χ1) is 10.2. The highest BCUT2D eigenvalue weighted by molar-refractivity contribution is 5.30. The van der Waals surface area contributed by atoms with Crippen LogP contribution in [0.3, 0.4) is 0 Å². The topological polar surface area (TPSA) is 44.7 Å². The van der Waals surface area contributed by atoms with Crippen LogP contribution >= 0.6 is 0 Å². The molecule has 1 aromatic rings. The average molecular weight is 296 g/mol. The van der Waals surface area contributed by atoms with Crippen LogP contribution in [0.4, 0.5) is 4.39 Å². The van der Waals surface area contributed by atoms with Crippen molar-refractivity contribution < 1.29 is 14.2 Å². The number of methoxy groups -OCH3 is 1. The molecule has 2 N–H and O–H groups in total. The van der Waals surface area contributed by atoms with Crippen LogP contribution < -0.4 is 10.1 Å². The maximum atomic E-state index is 13.9. The molecule has 2 atom stereocenters. The second-order valence-corrected chi connectivity index (χ2v) is 5.58. The quantitative estimate of drug-likeness (QED) is 0.807. The fraction of sp³-hybridized carbons (Fsp3) is 0.625. The molecular weight excluding hydrogens is 271 g/mol. The fourth-order valence-electron chi connectivity index (χ4n) is 2.92. The number of benzene rings is 1. The Kier molecular flexibility index (Phi) is 5.96. The van der Waals surface area contributed by atoms with Crippen LogP contribution in [0.25, 0.3) is 0 Å². The molecule has 4 nitrogen and oxygen atoms in total. The predicted molar refractivity (Wildman–Crippen MR) is 81.1 cm³/mol. The van der Waals surface area contributed by atoms with Gasteiger partial charge in [0, 0.05) is 25.2 Å². The molecule has 5 heteroatoms. The summed E-state index contributed by atoms with van der Waals surface area (Å²) >= 11 is 0. The van der Waals surface area contributed by atoms with Crippen molar-refractivity contribution in [1.29, 1.82) is 0 Å². The molecule has 0 radical (unpaired) electrons. The highest BCUT2D eigenvalue weighted by Gasteiger charge is 2.22.